The molecule has 0 aliphatic carbocycles. The van der Waals surface area contributed by atoms with Crippen molar-refractivity contribution in [2.75, 3.05) is 6.61 Å². The Labute approximate surface area is 70.9 Å². The second kappa shape index (κ2) is 4.38. The molecule has 0 bridgehead atoms. The van der Waals surface area contributed by atoms with Crippen molar-refractivity contribution in [1.29, 1.82) is 0 Å². The SMILES string of the molecule is CCC(C)C(=O)OCC(C)(F)F. The number of alkyl halides is 2. The number of carbonyl (C=O) groups excluding carboxylic acids is 1. The van der Waals surface area contributed by atoms with Gasteiger partial charge in [0.1, 0.15) is 0 Å². The van der Waals surface area contributed by atoms with Crippen LogP contribution in [0.2, 0.25) is 0 Å². The van der Waals surface area contributed by atoms with Gasteiger partial charge in [-0.05, 0) is 6.42 Å². The van der Waals surface area contributed by atoms with Crippen molar-refractivity contribution in [1.82, 2.24) is 0 Å². The van der Waals surface area contributed by atoms with Crippen molar-refractivity contribution in [2.45, 2.75) is 33.1 Å². The van der Waals surface area contributed by atoms with Crippen molar-refractivity contribution in [3.63, 3.8) is 0 Å². The highest BCUT2D eigenvalue weighted by molar-refractivity contribution is 5.71. The van der Waals surface area contributed by atoms with E-state index in [1.807, 2.05) is 0 Å². The molecule has 0 N–H and O–H groups in total. The lowest BCUT2D eigenvalue weighted by Gasteiger charge is -2.13. The van der Waals surface area contributed by atoms with E-state index in [1.165, 1.54) is 0 Å². The molecule has 0 spiro atoms. The summed E-state index contributed by atoms with van der Waals surface area (Å²) < 4.78 is 28.7. The third kappa shape index (κ3) is 5.04. The van der Waals surface area contributed by atoms with Crippen molar-refractivity contribution in [3.8, 4) is 0 Å². The quantitative estimate of drug-likeness (QED) is 0.620. The second-order valence-electron chi connectivity index (χ2n) is 2.99. The van der Waals surface area contributed by atoms with Gasteiger partial charge in [-0.1, -0.05) is 13.8 Å². The first-order chi connectivity index (χ1) is 5.37. The van der Waals surface area contributed by atoms with Crippen LogP contribution in [0.25, 0.3) is 0 Å². The summed E-state index contributed by atoms with van der Waals surface area (Å²) in [5, 5.41) is 0. The summed E-state index contributed by atoms with van der Waals surface area (Å²) in [6.45, 7) is 3.35. The van der Waals surface area contributed by atoms with Crippen LogP contribution in [0.5, 0.6) is 0 Å². The summed E-state index contributed by atoms with van der Waals surface area (Å²) in [5.41, 5.74) is 0. The first-order valence-corrected chi connectivity index (χ1v) is 3.91. The van der Waals surface area contributed by atoms with E-state index < -0.39 is 18.5 Å². The van der Waals surface area contributed by atoms with Gasteiger partial charge >= 0.3 is 5.97 Å². The van der Waals surface area contributed by atoms with Gasteiger partial charge in [0, 0.05) is 6.92 Å². The molecule has 0 saturated heterocycles. The van der Waals surface area contributed by atoms with Crippen molar-refractivity contribution >= 4 is 5.97 Å². The normalized spacial score (nSPS) is 14.1. The highest BCUT2D eigenvalue weighted by Crippen LogP contribution is 2.13. The van der Waals surface area contributed by atoms with Gasteiger partial charge in [-0.15, -0.1) is 0 Å². The minimum Gasteiger partial charge on any atom is -0.459 e. The smallest absolute Gasteiger partial charge is 0.308 e. The molecule has 0 aromatic heterocycles. The van der Waals surface area contributed by atoms with Gasteiger partial charge in [-0.3, -0.25) is 4.79 Å². The Bertz CT molecular complexity index is 152. The van der Waals surface area contributed by atoms with E-state index in [9.17, 15) is 13.6 Å². The molecule has 12 heavy (non-hydrogen) atoms. The fourth-order valence-electron chi connectivity index (χ4n) is 0.507. The second-order valence-corrected chi connectivity index (χ2v) is 2.99. The molecule has 0 aromatic carbocycles. The van der Waals surface area contributed by atoms with E-state index in [-0.39, 0.29) is 5.92 Å². The van der Waals surface area contributed by atoms with Gasteiger partial charge in [-0.25, -0.2) is 8.78 Å². The number of hydrogen-bond acceptors (Lipinski definition) is 2. The average molecular weight is 180 g/mol. The molecule has 0 saturated carbocycles. The minimum absolute atomic E-state index is 0.299. The molecule has 0 fully saturated rings. The molecule has 2 nitrogen and oxygen atoms in total. The molecule has 4 heteroatoms. The Morgan fingerprint density at radius 3 is 2.42 bits per heavy atom. The van der Waals surface area contributed by atoms with E-state index in [0.29, 0.717) is 6.42 Å². The monoisotopic (exact) mass is 180 g/mol. The van der Waals surface area contributed by atoms with Crippen LogP contribution in [0.4, 0.5) is 8.78 Å². The van der Waals surface area contributed by atoms with Crippen LogP contribution in [0, 0.1) is 5.92 Å². The molecule has 0 aromatic rings. The number of esters is 1. The largest absolute Gasteiger partial charge is 0.459 e. The van der Waals surface area contributed by atoms with Gasteiger partial charge in [-0.2, -0.15) is 0 Å². The molecule has 0 heterocycles. The number of rotatable bonds is 4. The lowest BCUT2D eigenvalue weighted by atomic mass is 10.1. The van der Waals surface area contributed by atoms with E-state index in [2.05, 4.69) is 4.74 Å². The molecule has 0 radical (unpaired) electrons. The first kappa shape index (κ1) is 11.3. The van der Waals surface area contributed by atoms with Crippen LogP contribution in [0.3, 0.4) is 0 Å². The molecule has 0 rings (SSSR count). The highest BCUT2D eigenvalue weighted by atomic mass is 19.3. The van der Waals surface area contributed by atoms with Crippen LogP contribution in [0.15, 0.2) is 0 Å². The van der Waals surface area contributed by atoms with E-state index >= 15 is 0 Å². The maximum absolute atomic E-state index is 12.2. The van der Waals surface area contributed by atoms with E-state index in [1.54, 1.807) is 13.8 Å². The first-order valence-electron chi connectivity index (χ1n) is 3.91. The summed E-state index contributed by atoms with van der Waals surface area (Å²) in [6.07, 6.45) is 0.605. The lowest BCUT2D eigenvalue weighted by Crippen LogP contribution is -2.24. The molecule has 1 unspecified atom stereocenters. The third-order valence-corrected chi connectivity index (χ3v) is 1.48. The lowest BCUT2D eigenvalue weighted by molar-refractivity contribution is -0.157. The molecular weight excluding hydrogens is 166 g/mol. The molecule has 0 amide bonds. The third-order valence-electron chi connectivity index (χ3n) is 1.48. The van der Waals surface area contributed by atoms with Crippen LogP contribution < -0.4 is 0 Å². The van der Waals surface area contributed by atoms with Gasteiger partial charge in [0.05, 0.1) is 5.92 Å². The van der Waals surface area contributed by atoms with Crippen LogP contribution in [-0.4, -0.2) is 18.5 Å². The summed E-state index contributed by atoms with van der Waals surface area (Å²) >= 11 is 0. The predicted molar refractivity (Wildman–Crippen MR) is 41.0 cm³/mol. The molecule has 0 aliphatic rings. The van der Waals surface area contributed by atoms with E-state index in [4.69, 9.17) is 0 Å². The zero-order valence-electron chi connectivity index (χ0n) is 7.56. The maximum Gasteiger partial charge on any atom is 0.308 e. The summed E-state index contributed by atoms with van der Waals surface area (Å²) in [5.74, 6) is -3.78. The van der Waals surface area contributed by atoms with Gasteiger partial charge < -0.3 is 4.74 Å². The topological polar surface area (TPSA) is 26.3 Å². The fraction of sp³-hybridized carbons (Fsp3) is 0.875. The summed E-state index contributed by atoms with van der Waals surface area (Å²) in [4.78, 5) is 10.9. The fourth-order valence-corrected chi connectivity index (χ4v) is 0.507. The molecule has 0 aliphatic heterocycles. The van der Waals surface area contributed by atoms with Crippen LogP contribution >= 0.6 is 0 Å². The molecular formula is C8H14F2O2. The van der Waals surface area contributed by atoms with Gasteiger partial charge in [0.15, 0.2) is 6.61 Å². The van der Waals surface area contributed by atoms with E-state index in [0.717, 1.165) is 6.92 Å². The zero-order chi connectivity index (χ0) is 9.78. The predicted octanol–water partition coefficient (Wildman–Crippen LogP) is 2.23. The number of halogens is 2. The minimum atomic E-state index is -2.93. The Kier molecular flexibility index (Phi) is 4.13. The summed E-state index contributed by atoms with van der Waals surface area (Å²) in [6, 6.07) is 0. The van der Waals surface area contributed by atoms with Gasteiger partial charge in [0.2, 0.25) is 0 Å². The number of ether oxygens (including phenoxy) is 1. The highest BCUT2D eigenvalue weighted by Gasteiger charge is 2.24. The Morgan fingerprint density at radius 1 is 1.58 bits per heavy atom. The number of hydrogen-bond donors (Lipinski definition) is 0. The zero-order valence-corrected chi connectivity index (χ0v) is 7.56. The van der Waals surface area contributed by atoms with Gasteiger partial charge in [0.25, 0.3) is 5.92 Å². The average Bonchev–Trinajstić information content (AvgIpc) is 1.97. The summed E-state index contributed by atoms with van der Waals surface area (Å²) in [7, 11) is 0. The van der Waals surface area contributed by atoms with Crippen molar-refractivity contribution in [2.24, 2.45) is 5.92 Å². The van der Waals surface area contributed by atoms with Crippen molar-refractivity contribution < 1.29 is 18.3 Å². The van der Waals surface area contributed by atoms with Crippen LogP contribution in [-0.2, 0) is 9.53 Å². The maximum atomic E-state index is 12.2. The molecule has 1 atom stereocenters. The standard InChI is InChI=1S/C8H14F2O2/c1-4-6(2)7(11)12-5-8(3,9)10/h6H,4-5H2,1-3H3. The van der Waals surface area contributed by atoms with Crippen molar-refractivity contribution in [3.05, 3.63) is 0 Å². The Morgan fingerprint density at radius 2 is 2.08 bits per heavy atom. The Hall–Kier alpha value is -0.670. The molecule has 72 valence electrons. The Balaban J connectivity index is 3.72. The number of carbonyl (C=O) groups is 1. The van der Waals surface area contributed by atoms with Crippen LogP contribution in [0.1, 0.15) is 27.2 Å².